The van der Waals surface area contributed by atoms with Crippen molar-refractivity contribution in [1.82, 2.24) is 14.5 Å². The molecular formula is C52H48N3OPt-. The fourth-order valence-electron chi connectivity index (χ4n) is 7.72. The first-order chi connectivity index (χ1) is 26.8. The molecule has 5 heteroatoms. The Kier molecular flexibility index (Phi) is 10.7. The SMILES string of the molecule is Cc1cc(C)c(O)c(-c2nc3c(-c4[c-]c(-c5cc(-c6ccccc6)ccn5)cc(C(C)(C)C)c4)cccc3n2-c2ccc(-c3ccccc3)c(C(C)(C)C)c2)c1.[Pt]. The van der Waals surface area contributed by atoms with E-state index in [1.54, 1.807) is 0 Å². The van der Waals surface area contributed by atoms with Gasteiger partial charge in [-0.1, -0.05) is 144 Å². The molecule has 0 aliphatic heterocycles. The van der Waals surface area contributed by atoms with Gasteiger partial charge in [0.15, 0.2) is 0 Å². The minimum atomic E-state index is -0.143. The Morgan fingerprint density at radius 3 is 1.96 bits per heavy atom. The van der Waals surface area contributed by atoms with Crippen LogP contribution >= 0.6 is 0 Å². The van der Waals surface area contributed by atoms with Crippen molar-refractivity contribution in [3.05, 3.63) is 168 Å². The van der Waals surface area contributed by atoms with Crippen molar-refractivity contribution in [3.63, 3.8) is 0 Å². The summed E-state index contributed by atoms with van der Waals surface area (Å²) in [5.41, 5.74) is 15.8. The maximum absolute atomic E-state index is 11.7. The predicted octanol–water partition coefficient (Wildman–Crippen LogP) is 13.5. The maximum atomic E-state index is 11.7. The van der Waals surface area contributed by atoms with E-state index in [9.17, 15) is 5.11 Å². The van der Waals surface area contributed by atoms with E-state index in [2.05, 4.69) is 174 Å². The van der Waals surface area contributed by atoms with Crippen LogP contribution in [0, 0.1) is 19.9 Å². The monoisotopic (exact) mass is 925 g/mol. The molecule has 8 aromatic rings. The number of imidazole rings is 1. The zero-order valence-corrected chi connectivity index (χ0v) is 36.2. The molecule has 0 amide bonds. The molecule has 0 spiro atoms. The van der Waals surface area contributed by atoms with Crippen molar-refractivity contribution in [2.45, 2.75) is 66.2 Å². The largest absolute Gasteiger partial charge is 0.507 e. The molecule has 0 bridgehead atoms. The van der Waals surface area contributed by atoms with Gasteiger partial charge in [0, 0.05) is 38.6 Å². The van der Waals surface area contributed by atoms with Crippen LogP contribution in [0.1, 0.15) is 63.8 Å². The van der Waals surface area contributed by atoms with Crippen LogP contribution in [0.25, 0.3) is 72.7 Å². The van der Waals surface area contributed by atoms with Crippen molar-refractivity contribution < 1.29 is 26.2 Å². The molecule has 0 unspecified atom stereocenters. The Morgan fingerprint density at radius 2 is 1.28 bits per heavy atom. The number of hydrogen-bond acceptors (Lipinski definition) is 3. The second-order valence-electron chi connectivity index (χ2n) is 17.0. The average Bonchev–Trinajstić information content (AvgIpc) is 3.58. The fraction of sp³-hybridized carbons (Fsp3) is 0.192. The van der Waals surface area contributed by atoms with Gasteiger partial charge in [-0.2, -0.15) is 0 Å². The molecule has 2 heterocycles. The van der Waals surface area contributed by atoms with E-state index in [0.717, 1.165) is 61.4 Å². The van der Waals surface area contributed by atoms with Gasteiger partial charge in [-0.15, -0.1) is 29.3 Å². The zero-order valence-electron chi connectivity index (χ0n) is 33.9. The number of pyridine rings is 1. The number of hydrogen-bond donors (Lipinski definition) is 1. The minimum Gasteiger partial charge on any atom is -0.507 e. The number of nitrogens with zero attached hydrogens (tertiary/aromatic N) is 3. The van der Waals surface area contributed by atoms with Gasteiger partial charge >= 0.3 is 0 Å². The van der Waals surface area contributed by atoms with Crippen molar-refractivity contribution in [2.24, 2.45) is 0 Å². The third-order valence-electron chi connectivity index (χ3n) is 10.7. The molecule has 8 rings (SSSR count). The standard InChI is InChI=1S/C52H48N3O.Pt/c1-33-26-34(2)49(56)44(27-33)50-54-48-43(20-15-21-47(48)55(50)41-22-23-42(36-18-13-10-14-19-36)45(32-41)52(6,7)8)38-28-39(30-40(29-38)51(3,4)5)46-31-37(24-25-53-46)35-16-11-9-12-17-35;/h9-27,29-32,56H,1-8H3;/q-1;. The summed E-state index contributed by atoms with van der Waals surface area (Å²) in [5, 5.41) is 11.7. The Labute approximate surface area is 351 Å². The van der Waals surface area contributed by atoms with Crippen molar-refractivity contribution >= 4 is 11.0 Å². The fourth-order valence-corrected chi connectivity index (χ4v) is 7.72. The van der Waals surface area contributed by atoms with Crippen LogP contribution in [-0.2, 0) is 31.9 Å². The average molecular weight is 926 g/mol. The molecule has 4 nitrogen and oxygen atoms in total. The molecule has 0 aliphatic rings. The molecule has 2 aromatic heterocycles. The van der Waals surface area contributed by atoms with E-state index in [4.69, 9.17) is 9.97 Å². The van der Waals surface area contributed by atoms with E-state index in [0.29, 0.717) is 11.4 Å². The second-order valence-corrected chi connectivity index (χ2v) is 17.0. The Balaban J connectivity index is 0.00000496. The third kappa shape index (κ3) is 7.76. The predicted molar refractivity (Wildman–Crippen MR) is 233 cm³/mol. The van der Waals surface area contributed by atoms with Crippen molar-refractivity contribution in [1.29, 1.82) is 0 Å². The summed E-state index contributed by atoms with van der Waals surface area (Å²) in [6.45, 7) is 17.5. The normalized spacial score (nSPS) is 11.8. The second kappa shape index (κ2) is 15.4. The molecule has 0 radical (unpaired) electrons. The summed E-state index contributed by atoms with van der Waals surface area (Å²) in [5.74, 6) is 0.923. The van der Waals surface area contributed by atoms with E-state index in [1.165, 1.54) is 22.3 Å². The number of aryl methyl sites for hydroxylation is 2. The van der Waals surface area contributed by atoms with Crippen LogP contribution in [0.5, 0.6) is 5.75 Å². The van der Waals surface area contributed by atoms with Gasteiger partial charge < -0.3 is 5.11 Å². The topological polar surface area (TPSA) is 50.9 Å². The number of para-hydroxylation sites is 1. The van der Waals surface area contributed by atoms with Crippen LogP contribution in [0.3, 0.4) is 0 Å². The first-order valence-corrected chi connectivity index (χ1v) is 19.4. The number of phenols is 1. The number of benzene rings is 6. The molecule has 1 N–H and O–H groups in total. The van der Waals surface area contributed by atoms with Gasteiger partial charge in [0.1, 0.15) is 11.6 Å². The van der Waals surface area contributed by atoms with Crippen LogP contribution in [0.2, 0.25) is 0 Å². The molecule has 57 heavy (non-hydrogen) atoms. The minimum absolute atomic E-state index is 0. The van der Waals surface area contributed by atoms with Gasteiger partial charge in [-0.3, -0.25) is 9.55 Å². The number of fused-ring (bicyclic) bond motifs is 1. The Morgan fingerprint density at radius 1 is 0.596 bits per heavy atom. The van der Waals surface area contributed by atoms with Gasteiger partial charge in [-0.25, -0.2) is 4.98 Å². The van der Waals surface area contributed by atoms with Gasteiger partial charge in [0.05, 0.1) is 16.6 Å². The number of aromatic nitrogens is 3. The summed E-state index contributed by atoms with van der Waals surface area (Å²) in [7, 11) is 0. The van der Waals surface area contributed by atoms with Crippen LogP contribution in [0.15, 0.2) is 140 Å². The molecular weight excluding hydrogens is 878 g/mol. The molecule has 6 aromatic carbocycles. The Bertz CT molecular complexity index is 2730. The van der Waals surface area contributed by atoms with Gasteiger partial charge in [-0.05, 0) is 94.0 Å². The molecule has 0 fully saturated rings. The van der Waals surface area contributed by atoms with E-state index < -0.39 is 0 Å². The molecule has 0 saturated heterocycles. The molecule has 0 aliphatic carbocycles. The van der Waals surface area contributed by atoms with Crippen LogP contribution < -0.4 is 0 Å². The zero-order chi connectivity index (χ0) is 39.4. The van der Waals surface area contributed by atoms with E-state index >= 15 is 0 Å². The quantitative estimate of drug-likeness (QED) is 0.169. The first kappa shape index (κ1) is 39.7. The van der Waals surface area contributed by atoms with E-state index in [-0.39, 0.29) is 37.6 Å². The molecule has 288 valence electrons. The van der Waals surface area contributed by atoms with E-state index in [1.807, 2.05) is 31.3 Å². The third-order valence-corrected chi connectivity index (χ3v) is 10.7. The molecule has 0 saturated carbocycles. The summed E-state index contributed by atoms with van der Waals surface area (Å²) < 4.78 is 2.22. The number of rotatable bonds is 6. The van der Waals surface area contributed by atoms with Gasteiger partial charge in [0.25, 0.3) is 0 Å². The summed E-state index contributed by atoms with van der Waals surface area (Å²) in [6, 6.07) is 50.6. The summed E-state index contributed by atoms with van der Waals surface area (Å²) in [4.78, 5) is 10.3. The van der Waals surface area contributed by atoms with Crippen molar-refractivity contribution in [3.8, 4) is 67.5 Å². The Hall–Kier alpha value is -5.57. The molecule has 0 atom stereocenters. The van der Waals surface area contributed by atoms with Crippen LogP contribution in [0.4, 0.5) is 0 Å². The number of phenolic OH excluding ortho intramolecular Hbond substituents is 1. The summed E-state index contributed by atoms with van der Waals surface area (Å²) >= 11 is 0. The first-order valence-electron chi connectivity index (χ1n) is 19.4. The van der Waals surface area contributed by atoms with Crippen molar-refractivity contribution in [2.75, 3.05) is 0 Å². The number of aromatic hydroxyl groups is 1. The summed E-state index contributed by atoms with van der Waals surface area (Å²) in [6.07, 6.45) is 1.88. The maximum Gasteiger partial charge on any atom is 0.148 e. The smallest absolute Gasteiger partial charge is 0.148 e. The van der Waals surface area contributed by atoms with Gasteiger partial charge in [0.2, 0.25) is 0 Å². The van der Waals surface area contributed by atoms with Crippen LogP contribution in [-0.4, -0.2) is 19.6 Å².